The first kappa shape index (κ1) is 21.1. The van der Waals surface area contributed by atoms with Crippen molar-refractivity contribution in [1.82, 2.24) is 10.6 Å². The van der Waals surface area contributed by atoms with Crippen molar-refractivity contribution in [2.24, 2.45) is 16.1 Å². The third-order valence-corrected chi connectivity index (χ3v) is 4.02. The minimum absolute atomic E-state index is 0.00903. The summed E-state index contributed by atoms with van der Waals surface area (Å²) in [5.74, 6) is -0.156. The fourth-order valence-corrected chi connectivity index (χ4v) is 2.39. The molecule has 2 aromatic carbocycles. The maximum atomic E-state index is 11.8. The highest BCUT2D eigenvalue weighted by molar-refractivity contribution is 5.94. The van der Waals surface area contributed by atoms with Gasteiger partial charge in [-0.15, -0.1) is 5.11 Å². The van der Waals surface area contributed by atoms with Gasteiger partial charge in [-0.25, -0.2) is 0 Å². The Hall–Kier alpha value is -3.22. The van der Waals surface area contributed by atoms with Crippen LogP contribution in [0, 0.1) is 5.92 Å². The summed E-state index contributed by atoms with van der Waals surface area (Å²) >= 11 is 0. The average molecular weight is 382 g/mol. The van der Waals surface area contributed by atoms with E-state index in [1.807, 2.05) is 20.8 Å². The lowest BCUT2D eigenvalue weighted by molar-refractivity contribution is -0.123. The van der Waals surface area contributed by atoms with Crippen LogP contribution < -0.4 is 10.6 Å². The molecule has 2 amide bonds. The van der Waals surface area contributed by atoms with Crippen molar-refractivity contribution in [2.45, 2.75) is 27.2 Å². The largest absolute Gasteiger partial charge is 0.506 e. The number of hydrogen-bond donors (Lipinski definition) is 3. The van der Waals surface area contributed by atoms with Crippen molar-refractivity contribution in [3.63, 3.8) is 0 Å². The molecule has 0 radical (unpaired) electrons. The molecule has 0 aliphatic rings. The highest BCUT2D eigenvalue weighted by Gasteiger charge is 2.07. The van der Waals surface area contributed by atoms with E-state index in [0.717, 1.165) is 5.56 Å². The van der Waals surface area contributed by atoms with E-state index in [-0.39, 0.29) is 23.5 Å². The number of nitrogens with zero attached hydrogens (tertiary/aromatic N) is 2. The SMILES string of the molecule is CCNC(=O)c1ccc(N=Nc2cc(CCNC(=O)C(C)C)ccc2O)cc1. The number of carbonyl (C=O) groups is 2. The third kappa shape index (κ3) is 6.19. The predicted octanol–water partition coefficient (Wildman–Crippen LogP) is 3.87. The van der Waals surface area contributed by atoms with E-state index in [9.17, 15) is 14.7 Å². The summed E-state index contributed by atoms with van der Waals surface area (Å²) < 4.78 is 0. The van der Waals surface area contributed by atoms with Crippen LogP contribution in [-0.4, -0.2) is 30.0 Å². The van der Waals surface area contributed by atoms with Gasteiger partial charge < -0.3 is 15.7 Å². The maximum Gasteiger partial charge on any atom is 0.251 e. The zero-order valence-corrected chi connectivity index (χ0v) is 16.4. The van der Waals surface area contributed by atoms with Gasteiger partial charge in [0.05, 0.1) is 5.69 Å². The Morgan fingerprint density at radius 3 is 2.39 bits per heavy atom. The lowest BCUT2D eigenvalue weighted by Crippen LogP contribution is -2.29. The van der Waals surface area contributed by atoms with Gasteiger partial charge in [-0.05, 0) is 55.3 Å². The average Bonchev–Trinajstić information content (AvgIpc) is 2.68. The number of carbonyl (C=O) groups excluding carboxylic acids is 2. The van der Waals surface area contributed by atoms with E-state index >= 15 is 0 Å². The molecule has 7 nitrogen and oxygen atoms in total. The van der Waals surface area contributed by atoms with Crippen molar-refractivity contribution in [2.75, 3.05) is 13.1 Å². The summed E-state index contributed by atoms with van der Waals surface area (Å²) in [6.45, 7) is 6.63. The lowest BCUT2D eigenvalue weighted by Gasteiger charge is -2.08. The van der Waals surface area contributed by atoms with Crippen LogP contribution in [0.3, 0.4) is 0 Å². The van der Waals surface area contributed by atoms with Gasteiger partial charge >= 0.3 is 0 Å². The number of amides is 2. The zero-order chi connectivity index (χ0) is 20.5. The van der Waals surface area contributed by atoms with Gasteiger partial charge in [0.1, 0.15) is 11.4 Å². The Kier molecular flexibility index (Phi) is 7.68. The molecule has 3 N–H and O–H groups in total. The summed E-state index contributed by atoms with van der Waals surface area (Å²) in [4.78, 5) is 23.4. The minimum Gasteiger partial charge on any atom is -0.506 e. The van der Waals surface area contributed by atoms with Gasteiger partial charge in [-0.1, -0.05) is 19.9 Å². The van der Waals surface area contributed by atoms with Gasteiger partial charge in [0.15, 0.2) is 0 Å². The van der Waals surface area contributed by atoms with Crippen molar-refractivity contribution < 1.29 is 14.7 Å². The molecule has 0 spiro atoms. The van der Waals surface area contributed by atoms with E-state index in [1.54, 1.807) is 42.5 Å². The summed E-state index contributed by atoms with van der Waals surface area (Å²) in [5.41, 5.74) is 2.40. The van der Waals surface area contributed by atoms with Crippen LogP contribution >= 0.6 is 0 Å². The van der Waals surface area contributed by atoms with Gasteiger partial charge in [-0.3, -0.25) is 9.59 Å². The van der Waals surface area contributed by atoms with Crippen molar-refractivity contribution >= 4 is 23.2 Å². The number of benzene rings is 2. The molecule has 0 atom stereocenters. The van der Waals surface area contributed by atoms with Crippen molar-refractivity contribution in [1.29, 1.82) is 0 Å². The van der Waals surface area contributed by atoms with Crippen LogP contribution in [0.4, 0.5) is 11.4 Å². The molecule has 0 heterocycles. The van der Waals surface area contributed by atoms with Gasteiger partial charge in [0.25, 0.3) is 5.91 Å². The number of phenols is 1. The van der Waals surface area contributed by atoms with E-state index < -0.39 is 0 Å². The Bertz CT molecular complexity index is 845. The number of aromatic hydroxyl groups is 1. The van der Waals surface area contributed by atoms with Crippen molar-refractivity contribution in [3.8, 4) is 5.75 Å². The second kappa shape index (κ2) is 10.2. The molecule has 0 unspecified atom stereocenters. The van der Waals surface area contributed by atoms with E-state index in [4.69, 9.17) is 0 Å². The molecular formula is C21H26N4O3. The topological polar surface area (TPSA) is 103 Å². The summed E-state index contributed by atoms with van der Waals surface area (Å²) in [5, 5.41) is 23.8. The zero-order valence-electron chi connectivity index (χ0n) is 16.4. The monoisotopic (exact) mass is 382 g/mol. The van der Waals surface area contributed by atoms with Crippen LogP contribution in [0.5, 0.6) is 5.75 Å². The fourth-order valence-electron chi connectivity index (χ4n) is 2.39. The highest BCUT2D eigenvalue weighted by atomic mass is 16.3. The molecule has 2 rings (SSSR count). The molecule has 28 heavy (non-hydrogen) atoms. The highest BCUT2D eigenvalue weighted by Crippen LogP contribution is 2.29. The number of rotatable bonds is 8. The number of phenolic OH excluding ortho intramolecular Hbond substituents is 1. The van der Waals surface area contributed by atoms with Gasteiger partial charge in [0.2, 0.25) is 5.91 Å². The lowest BCUT2D eigenvalue weighted by atomic mass is 10.1. The van der Waals surface area contributed by atoms with E-state index in [1.165, 1.54) is 0 Å². The Balaban J connectivity index is 2.02. The quantitative estimate of drug-likeness (QED) is 0.604. The van der Waals surface area contributed by atoms with Crippen LogP contribution in [-0.2, 0) is 11.2 Å². The smallest absolute Gasteiger partial charge is 0.251 e. The fraction of sp³-hybridized carbons (Fsp3) is 0.333. The first-order valence-electron chi connectivity index (χ1n) is 9.30. The molecule has 0 fully saturated rings. The first-order valence-corrected chi connectivity index (χ1v) is 9.30. The van der Waals surface area contributed by atoms with E-state index in [2.05, 4.69) is 20.9 Å². The standard InChI is InChI=1S/C21H26N4O3/c1-4-22-21(28)16-6-8-17(9-7-16)24-25-18-13-15(5-10-19(18)26)11-12-23-20(27)14(2)3/h5-10,13-14,26H,4,11-12H2,1-3H3,(H,22,28)(H,23,27). The summed E-state index contributed by atoms with van der Waals surface area (Å²) in [7, 11) is 0. The Labute approximate surface area is 164 Å². The number of azo groups is 1. The van der Waals surface area contributed by atoms with E-state index in [0.29, 0.717) is 36.4 Å². The third-order valence-electron chi connectivity index (χ3n) is 4.02. The van der Waals surface area contributed by atoms with Crippen LogP contribution in [0.1, 0.15) is 36.7 Å². The van der Waals surface area contributed by atoms with Crippen molar-refractivity contribution in [3.05, 3.63) is 53.6 Å². The molecule has 0 saturated heterocycles. The minimum atomic E-state index is -0.138. The molecule has 7 heteroatoms. The second-order valence-electron chi connectivity index (χ2n) is 6.63. The molecule has 0 bridgehead atoms. The molecule has 148 valence electrons. The van der Waals surface area contributed by atoms with Crippen LogP contribution in [0.2, 0.25) is 0 Å². The molecule has 0 saturated carbocycles. The maximum absolute atomic E-state index is 11.8. The van der Waals surface area contributed by atoms with Crippen LogP contribution in [0.25, 0.3) is 0 Å². The normalized spacial score (nSPS) is 11.0. The van der Waals surface area contributed by atoms with Gasteiger partial charge in [0, 0.05) is 24.6 Å². The molecule has 0 aromatic heterocycles. The molecule has 2 aromatic rings. The molecule has 0 aliphatic heterocycles. The summed E-state index contributed by atoms with van der Waals surface area (Å²) in [6.07, 6.45) is 0.627. The Morgan fingerprint density at radius 2 is 1.75 bits per heavy atom. The number of nitrogens with one attached hydrogen (secondary N) is 2. The summed E-state index contributed by atoms with van der Waals surface area (Å²) in [6, 6.07) is 11.8. The second-order valence-corrected chi connectivity index (χ2v) is 6.63. The predicted molar refractivity (Wildman–Crippen MR) is 108 cm³/mol. The number of hydrogen-bond acceptors (Lipinski definition) is 5. The van der Waals surface area contributed by atoms with Gasteiger partial charge in [-0.2, -0.15) is 5.11 Å². The Morgan fingerprint density at radius 1 is 1.04 bits per heavy atom. The van der Waals surface area contributed by atoms with Crippen LogP contribution in [0.15, 0.2) is 52.7 Å². The molecule has 0 aliphatic carbocycles. The molecular weight excluding hydrogens is 356 g/mol. The first-order chi connectivity index (χ1) is 13.4.